The topological polar surface area (TPSA) is 18.5 Å². The Morgan fingerprint density at radius 3 is 2.33 bits per heavy atom. The largest absolute Gasteiger partial charge is 0.381 e. The SMILES string of the molecule is CC(C)CC(C)OC1(CI)CCOCC1. The molecule has 1 aliphatic heterocycles. The van der Waals surface area contributed by atoms with E-state index in [2.05, 4.69) is 43.4 Å². The van der Waals surface area contributed by atoms with Crippen LogP contribution in [0, 0.1) is 5.92 Å². The van der Waals surface area contributed by atoms with Crippen molar-refractivity contribution >= 4 is 22.6 Å². The van der Waals surface area contributed by atoms with Gasteiger partial charge in [0.1, 0.15) is 0 Å². The molecule has 0 radical (unpaired) electrons. The van der Waals surface area contributed by atoms with Crippen molar-refractivity contribution in [2.75, 3.05) is 17.6 Å². The summed E-state index contributed by atoms with van der Waals surface area (Å²) in [6.07, 6.45) is 3.63. The van der Waals surface area contributed by atoms with E-state index in [9.17, 15) is 0 Å². The van der Waals surface area contributed by atoms with Crippen LogP contribution >= 0.6 is 22.6 Å². The van der Waals surface area contributed by atoms with Crippen LogP contribution in [-0.2, 0) is 9.47 Å². The smallest absolute Gasteiger partial charge is 0.0818 e. The summed E-state index contributed by atoms with van der Waals surface area (Å²) in [6, 6.07) is 0. The predicted octanol–water partition coefficient (Wildman–Crippen LogP) is 3.42. The van der Waals surface area contributed by atoms with Crippen LogP contribution in [0.25, 0.3) is 0 Å². The zero-order valence-electron chi connectivity index (χ0n) is 10.1. The molecule has 0 N–H and O–H groups in total. The third kappa shape index (κ3) is 4.57. The molecule has 0 amide bonds. The average Bonchev–Trinajstić information content (AvgIpc) is 2.17. The van der Waals surface area contributed by atoms with Crippen LogP contribution in [0.5, 0.6) is 0 Å². The summed E-state index contributed by atoms with van der Waals surface area (Å²) in [5.74, 6) is 0.714. The summed E-state index contributed by atoms with van der Waals surface area (Å²) in [7, 11) is 0. The van der Waals surface area contributed by atoms with Gasteiger partial charge >= 0.3 is 0 Å². The van der Waals surface area contributed by atoms with Gasteiger partial charge < -0.3 is 9.47 Å². The fourth-order valence-electron chi connectivity index (χ4n) is 2.17. The molecule has 0 aliphatic carbocycles. The Bertz CT molecular complexity index is 176. The van der Waals surface area contributed by atoms with Gasteiger partial charge in [-0.25, -0.2) is 0 Å². The molecule has 1 heterocycles. The van der Waals surface area contributed by atoms with Crippen molar-refractivity contribution < 1.29 is 9.47 Å². The fourth-order valence-corrected chi connectivity index (χ4v) is 3.11. The van der Waals surface area contributed by atoms with Gasteiger partial charge in [0.2, 0.25) is 0 Å². The molecule has 90 valence electrons. The lowest BCUT2D eigenvalue weighted by atomic mass is 9.95. The number of rotatable bonds is 5. The molecule has 1 fully saturated rings. The first kappa shape index (κ1) is 13.7. The summed E-state index contributed by atoms with van der Waals surface area (Å²) in [5, 5.41) is 0. The van der Waals surface area contributed by atoms with E-state index in [0.29, 0.717) is 12.0 Å². The number of halogens is 1. The minimum absolute atomic E-state index is 0.0904. The van der Waals surface area contributed by atoms with Gasteiger partial charge in [-0.1, -0.05) is 36.4 Å². The highest BCUT2D eigenvalue weighted by atomic mass is 127. The monoisotopic (exact) mass is 326 g/mol. The van der Waals surface area contributed by atoms with Crippen LogP contribution < -0.4 is 0 Å². The molecule has 2 nitrogen and oxygen atoms in total. The normalized spacial score (nSPS) is 23.0. The van der Waals surface area contributed by atoms with Gasteiger partial charge in [-0.2, -0.15) is 0 Å². The van der Waals surface area contributed by atoms with Crippen molar-refractivity contribution in [3.8, 4) is 0 Å². The van der Waals surface area contributed by atoms with E-state index >= 15 is 0 Å². The third-order valence-corrected chi connectivity index (χ3v) is 4.29. The molecule has 3 heteroatoms. The van der Waals surface area contributed by atoms with Crippen molar-refractivity contribution in [1.82, 2.24) is 0 Å². The summed E-state index contributed by atoms with van der Waals surface area (Å²) >= 11 is 2.45. The van der Waals surface area contributed by atoms with Gasteiger partial charge in [0, 0.05) is 30.5 Å². The lowest BCUT2D eigenvalue weighted by Crippen LogP contribution is -2.43. The highest BCUT2D eigenvalue weighted by Gasteiger charge is 2.34. The number of alkyl halides is 1. The van der Waals surface area contributed by atoms with Crippen molar-refractivity contribution in [3.05, 3.63) is 0 Å². The van der Waals surface area contributed by atoms with Crippen LogP contribution in [-0.4, -0.2) is 29.3 Å². The van der Waals surface area contributed by atoms with E-state index in [4.69, 9.17) is 9.47 Å². The van der Waals surface area contributed by atoms with Gasteiger partial charge in [-0.3, -0.25) is 0 Å². The third-order valence-electron chi connectivity index (χ3n) is 2.90. The Morgan fingerprint density at radius 2 is 1.87 bits per heavy atom. The van der Waals surface area contributed by atoms with E-state index in [1.807, 2.05) is 0 Å². The summed E-state index contributed by atoms with van der Waals surface area (Å²) in [5.41, 5.74) is 0.0904. The van der Waals surface area contributed by atoms with Crippen molar-refractivity contribution in [2.45, 2.75) is 51.7 Å². The maximum absolute atomic E-state index is 6.25. The maximum Gasteiger partial charge on any atom is 0.0818 e. The van der Waals surface area contributed by atoms with Crippen LogP contribution in [0.3, 0.4) is 0 Å². The molecule has 0 spiro atoms. The van der Waals surface area contributed by atoms with E-state index < -0.39 is 0 Å². The average molecular weight is 326 g/mol. The quantitative estimate of drug-likeness (QED) is 0.569. The lowest BCUT2D eigenvalue weighted by Gasteiger charge is -2.38. The number of hydrogen-bond donors (Lipinski definition) is 0. The summed E-state index contributed by atoms with van der Waals surface area (Å²) in [6.45, 7) is 8.42. The standard InChI is InChI=1S/C12H23IO2/c1-10(2)8-11(3)15-12(9-13)4-6-14-7-5-12/h10-11H,4-9H2,1-3H3. The molecule has 15 heavy (non-hydrogen) atoms. The molecule has 0 aromatic carbocycles. The van der Waals surface area contributed by atoms with Gasteiger partial charge in [0.25, 0.3) is 0 Å². The van der Waals surface area contributed by atoms with E-state index in [1.54, 1.807) is 0 Å². The Labute approximate surface area is 107 Å². The molecular formula is C12H23IO2. The Hall–Kier alpha value is 0.650. The first-order valence-electron chi connectivity index (χ1n) is 5.89. The lowest BCUT2D eigenvalue weighted by molar-refractivity contribution is -0.127. The minimum atomic E-state index is 0.0904. The minimum Gasteiger partial charge on any atom is -0.381 e. The molecule has 0 aromatic heterocycles. The summed E-state index contributed by atoms with van der Waals surface area (Å²) in [4.78, 5) is 0. The van der Waals surface area contributed by atoms with Gasteiger partial charge in [-0.15, -0.1) is 0 Å². The Morgan fingerprint density at radius 1 is 1.27 bits per heavy atom. The summed E-state index contributed by atoms with van der Waals surface area (Å²) < 4.78 is 12.7. The second-order valence-corrected chi connectivity index (χ2v) is 5.75. The molecule has 1 atom stereocenters. The highest BCUT2D eigenvalue weighted by molar-refractivity contribution is 14.1. The zero-order valence-corrected chi connectivity index (χ0v) is 12.2. The van der Waals surface area contributed by atoms with Gasteiger partial charge in [0.05, 0.1) is 11.7 Å². The van der Waals surface area contributed by atoms with Crippen LogP contribution in [0.2, 0.25) is 0 Å². The molecule has 1 saturated heterocycles. The highest BCUT2D eigenvalue weighted by Crippen LogP contribution is 2.30. The zero-order chi connectivity index (χ0) is 11.3. The Kier molecular flexibility index (Phi) is 5.85. The van der Waals surface area contributed by atoms with Gasteiger partial charge in [0.15, 0.2) is 0 Å². The maximum atomic E-state index is 6.25. The molecule has 0 saturated carbocycles. The van der Waals surface area contributed by atoms with Crippen LogP contribution in [0.4, 0.5) is 0 Å². The second-order valence-electron chi connectivity index (χ2n) is 4.99. The molecule has 1 unspecified atom stereocenters. The van der Waals surface area contributed by atoms with Crippen LogP contribution in [0.15, 0.2) is 0 Å². The van der Waals surface area contributed by atoms with Crippen LogP contribution in [0.1, 0.15) is 40.0 Å². The molecule has 0 bridgehead atoms. The van der Waals surface area contributed by atoms with E-state index in [0.717, 1.165) is 36.9 Å². The van der Waals surface area contributed by atoms with E-state index in [-0.39, 0.29) is 5.60 Å². The predicted molar refractivity (Wildman–Crippen MR) is 71.7 cm³/mol. The van der Waals surface area contributed by atoms with Crippen molar-refractivity contribution in [3.63, 3.8) is 0 Å². The van der Waals surface area contributed by atoms with Crippen molar-refractivity contribution in [2.24, 2.45) is 5.92 Å². The fraction of sp³-hybridized carbons (Fsp3) is 1.00. The number of ether oxygens (including phenoxy) is 2. The molecular weight excluding hydrogens is 303 g/mol. The Balaban J connectivity index is 2.43. The number of hydrogen-bond acceptors (Lipinski definition) is 2. The first-order valence-corrected chi connectivity index (χ1v) is 7.42. The van der Waals surface area contributed by atoms with E-state index in [1.165, 1.54) is 0 Å². The molecule has 1 rings (SSSR count). The molecule has 1 aliphatic rings. The molecule has 0 aromatic rings. The van der Waals surface area contributed by atoms with Gasteiger partial charge in [-0.05, 0) is 19.3 Å². The second kappa shape index (κ2) is 6.40. The van der Waals surface area contributed by atoms with Crippen molar-refractivity contribution in [1.29, 1.82) is 0 Å². The first-order chi connectivity index (χ1) is 7.08.